The van der Waals surface area contributed by atoms with E-state index in [1.54, 1.807) is 0 Å². The number of piperidine rings is 1. The Kier molecular flexibility index (Phi) is 5.90. The molecule has 1 heterocycles. The minimum atomic E-state index is -0.563. The molecule has 0 saturated carbocycles. The summed E-state index contributed by atoms with van der Waals surface area (Å²) in [6, 6.07) is 0.617. The molecular formula is C14H30N2O. The van der Waals surface area contributed by atoms with Crippen LogP contribution in [0.3, 0.4) is 0 Å². The fourth-order valence-electron chi connectivity index (χ4n) is 2.35. The number of hydrogen-bond acceptors (Lipinski definition) is 3. The predicted octanol–water partition coefficient (Wildman–Crippen LogP) is 1.86. The van der Waals surface area contributed by atoms with Crippen molar-refractivity contribution in [2.24, 2.45) is 5.92 Å². The lowest BCUT2D eigenvalue weighted by molar-refractivity contribution is -0.0253. The zero-order valence-corrected chi connectivity index (χ0v) is 12.0. The lowest BCUT2D eigenvalue weighted by Gasteiger charge is -2.39. The van der Waals surface area contributed by atoms with Crippen LogP contribution in [0, 0.1) is 5.92 Å². The molecule has 0 spiro atoms. The number of nitrogens with one attached hydrogen (secondary N) is 1. The largest absolute Gasteiger partial charge is 0.389 e. The fourth-order valence-corrected chi connectivity index (χ4v) is 2.35. The van der Waals surface area contributed by atoms with Crippen molar-refractivity contribution in [3.63, 3.8) is 0 Å². The van der Waals surface area contributed by atoms with Gasteiger partial charge in [-0.25, -0.2) is 0 Å². The molecule has 102 valence electrons. The van der Waals surface area contributed by atoms with Crippen molar-refractivity contribution in [2.45, 2.75) is 58.6 Å². The predicted molar refractivity (Wildman–Crippen MR) is 73.2 cm³/mol. The van der Waals surface area contributed by atoms with E-state index in [1.807, 2.05) is 6.92 Å². The molecule has 2 unspecified atom stereocenters. The Bertz CT molecular complexity index is 216. The van der Waals surface area contributed by atoms with Crippen molar-refractivity contribution < 1.29 is 5.11 Å². The van der Waals surface area contributed by atoms with Gasteiger partial charge in [-0.05, 0) is 45.2 Å². The lowest BCUT2D eigenvalue weighted by Crippen LogP contribution is -2.52. The molecule has 1 saturated heterocycles. The summed E-state index contributed by atoms with van der Waals surface area (Å²) in [6.45, 7) is 12.5. The standard InChI is InChI=1S/C14H30N2O/c1-5-8-15-13-7-6-9-16(10-13)11-14(4,17)12(2)3/h12-13,15,17H,5-11H2,1-4H3. The number of rotatable bonds is 6. The molecule has 2 N–H and O–H groups in total. The summed E-state index contributed by atoms with van der Waals surface area (Å²) in [4.78, 5) is 2.41. The van der Waals surface area contributed by atoms with Crippen LogP contribution in [-0.4, -0.2) is 47.8 Å². The van der Waals surface area contributed by atoms with E-state index < -0.39 is 5.60 Å². The van der Waals surface area contributed by atoms with Crippen LogP contribution in [-0.2, 0) is 0 Å². The van der Waals surface area contributed by atoms with Crippen LogP contribution >= 0.6 is 0 Å². The van der Waals surface area contributed by atoms with Crippen LogP contribution in [0.4, 0.5) is 0 Å². The summed E-state index contributed by atoms with van der Waals surface area (Å²) in [6.07, 6.45) is 3.72. The molecule has 1 rings (SSSR count). The van der Waals surface area contributed by atoms with Crippen LogP contribution in [0.1, 0.15) is 47.0 Å². The van der Waals surface area contributed by atoms with Crippen LogP contribution in [0.2, 0.25) is 0 Å². The maximum absolute atomic E-state index is 10.3. The first kappa shape index (κ1) is 14.9. The van der Waals surface area contributed by atoms with E-state index in [-0.39, 0.29) is 0 Å². The number of nitrogens with zero attached hydrogens (tertiary/aromatic N) is 1. The van der Waals surface area contributed by atoms with Crippen molar-refractivity contribution in [3.05, 3.63) is 0 Å². The van der Waals surface area contributed by atoms with Gasteiger partial charge >= 0.3 is 0 Å². The summed E-state index contributed by atoms with van der Waals surface area (Å²) in [5, 5.41) is 13.9. The molecule has 1 fully saturated rings. The van der Waals surface area contributed by atoms with Crippen LogP contribution in [0.5, 0.6) is 0 Å². The molecule has 0 bridgehead atoms. The van der Waals surface area contributed by atoms with Crippen molar-refractivity contribution in [2.75, 3.05) is 26.2 Å². The Hall–Kier alpha value is -0.120. The molecule has 17 heavy (non-hydrogen) atoms. The highest BCUT2D eigenvalue weighted by Gasteiger charge is 2.30. The Balaban J connectivity index is 2.39. The average Bonchev–Trinajstić information content (AvgIpc) is 2.26. The number of aliphatic hydroxyl groups is 1. The Morgan fingerprint density at radius 1 is 1.47 bits per heavy atom. The Labute approximate surface area is 107 Å². The molecule has 0 aromatic heterocycles. The maximum atomic E-state index is 10.3. The van der Waals surface area contributed by atoms with Gasteiger partial charge in [0.25, 0.3) is 0 Å². The summed E-state index contributed by atoms with van der Waals surface area (Å²) < 4.78 is 0. The molecule has 0 amide bonds. The van der Waals surface area contributed by atoms with Crippen LogP contribution in [0.25, 0.3) is 0 Å². The van der Waals surface area contributed by atoms with Gasteiger partial charge in [0.1, 0.15) is 0 Å². The second-order valence-electron chi connectivity index (χ2n) is 6.04. The highest BCUT2D eigenvalue weighted by molar-refractivity contribution is 4.85. The van der Waals surface area contributed by atoms with E-state index in [1.165, 1.54) is 19.3 Å². The normalized spacial score (nSPS) is 26.1. The van der Waals surface area contributed by atoms with Gasteiger partial charge in [0.2, 0.25) is 0 Å². The molecule has 0 aromatic rings. The van der Waals surface area contributed by atoms with E-state index in [0.29, 0.717) is 12.0 Å². The minimum Gasteiger partial charge on any atom is -0.389 e. The third kappa shape index (κ3) is 4.94. The number of hydrogen-bond donors (Lipinski definition) is 2. The maximum Gasteiger partial charge on any atom is 0.0768 e. The van der Waals surface area contributed by atoms with E-state index in [0.717, 1.165) is 26.2 Å². The fraction of sp³-hybridized carbons (Fsp3) is 1.00. The first-order valence-corrected chi connectivity index (χ1v) is 7.14. The zero-order chi connectivity index (χ0) is 12.9. The highest BCUT2D eigenvalue weighted by Crippen LogP contribution is 2.20. The molecule has 3 heteroatoms. The van der Waals surface area contributed by atoms with Gasteiger partial charge in [-0.1, -0.05) is 20.8 Å². The SMILES string of the molecule is CCCNC1CCCN(CC(C)(O)C(C)C)C1. The molecule has 2 atom stereocenters. The molecule has 1 aliphatic rings. The molecule has 0 radical (unpaired) electrons. The lowest BCUT2D eigenvalue weighted by atomic mass is 9.91. The molecular weight excluding hydrogens is 212 g/mol. The van der Waals surface area contributed by atoms with Gasteiger partial charge in [0, 0.05) is 19.1 Å². The van der Waals surface area contributed by atoms with Gasteiger partial charge in [-0.15, -0.1) is 0 Å². The first-order valence-electron chi connectivity index (χ1n) is 7.14. The van der Waals surface area contributed by atoms with Crippen molar-refractivity contribution in [1.29, 1.82) is 0 Å². The first-order chi connectivity index (χ1) is 7.95. The van der Waals surface area contributed by atoms with Crippen molar-refractivity contribution in [3.8, 4) is 0 Å². The topological polar surface area (TPSA) is 35.5 Å². The quantitative estimate of drug-likeness (QED) is 0.746. The minimum absolute atomic E-state index is 0.312. The van der Waals surface area contributed by atoms with Crippen LogP contribution < -0.4 is 5.32 Å². The summed E-state index contributed by atoms with van der Waals surface area (Å²) in [7, 11) is 0. The Morgan fingerprint density at radius 3 is 2.76 bits per heavy atom. The molecule has 1 aliphatic heterocycles. The van der Waals surface area contributed by atoms with E-state index in [9.17, 15) is 5.11 Å². The van der Waals surface area contributed by atoms with E-state index in [2.05, 4.69) is 31.0 Å². The number of β-amino-alcohol motifs (C(OH)–C–C–N with tert-alkyl or cyclic N) is 1. The van der Waals surface area contributed by atoms with E-state index in [4.69, 9.17) is 0 Å². The second kappa shape index (κ2) is 6.72. The van der Waals surface area contributed by atoms with Gasteiger partial charge in [-0.2, -0.15) is 0 Å². The van der Waals surface area contributed by atoms with Crippen molar-refractivity contribution in [1.82, 2.24) is 10.2 Å². The second-order valence-corrected chi connectivity index (χ2v) is 6.04. The average molecular weight is 242 g/mol. The number of likely N-dealkylation sites (tertiary alicyclic amines) is 1. The van der Waals surface area contributed by atoms with Gasteiger partial charge < -0.3 is 10.4 Å². The van der Waals surface area contributed by atoms with Gasteiger partial charge in [-0.3, -0.25) is 4.90 Å². The summed E-state index contributed by atoms with van der Waals surface area (Å²) >= 11 is 0. The Morgan fingerprint density at radius 2 is 2.18 bits per heavy atom. The third-order valence-corrected chi connectivity index (χ3v) is 3.98. The molecule has 0 aromatic carbocycles. The van der Waals surface area contributed by atoms with Crippen LogP contribution in [0.15, 0.2) is 0 Å². The smallest absolute Gasteiger partial charge is 0.0768 e. The van der Waals surface area contributed by atoms with E-state index >= 15 is 0 Å². The van der Waals surface area contributed by atoms with Crippen molar-refractivity contribution >= 4 is 0 Å². The van der Waals surface area contributed by atoms with Gasteiger partial charge in [0.05, 0.1) is 5.60 Å². The summed E-state index contributed by atoms with van der Waals surface area (Å²) in [5.74, 6) is 0.312. The monoisotopic (exact) mass is 242 g/mol. The summed E-state index contributed by atoms with van der Waals surface area (Å²) in [5.41, 5.74) is -0.563. The van der Waals surface area contributed by atoms with Gasteiger partial charge in [0.15, 0.2) is 0 Å². The third-order valence-electron chi connectivity index (χ3n) is 3.98. The molecule has 3 nitrogen and oxygen atoms in total. The highest BCUT2D eigenvalue weighted by atomic mass is 16.3. The zero-order valence-electron chi connectivity index (χ0n) is 12.0. The molecule has 0 aliphatic carbocycles.